The van der Waals surface area contributed by atoms with E-state index in [1.165, 1.54) is 0 Å². The third-order valence-corrected chi connectivity index (χ3v) is 4.43. The van der Waals surface area contributed by atoms with Gasteiger partial charge in [0.2, 0.25) is 5.79 Å². The summed E-state index contributed by atoms with van der Waals surface area (Å²) in [5.41, 5.74) is 1.64. The van der Waals surface area contributed by atoms with Crippen molar-refractivity contribution in [3.8, 4) is 23.0 Å². The smallest absolute Gasteiger partial charge is 0.222 e. The van der Waals surface area contributed by atoms with Crippen molar-refractivity contribution in [2.45, 2.75) is 12.2 Å². The van der Waals surface area contributed by atoms with Gasteiger partial charge in [0.25, 0.3) is 0 Å². The maximum Gasteiger partial charge on any atom is 0.222 e. The summed E-state index contributed by atoms with van der Waals surface area (Å²) in [6.07, 6.45) is 0.836. The molecule has 26 heavy (non-hydrogen) atoms. The van der Waals surface area contributed by atoms with E-state index in [1.807, 2.05) is 36.4 Å². The molecular formula is C20H24O6. The van der Waals surface area contributed by atoms with E-state index < -0.39 is 5.79 Å². The molecule has 6 heteroatoms. The summed E-state index contributed by atoms with van der Waals surface area (Å²) < 4.78 is 33.9. The molecule has 1 aliphatic rings. The highest BCUT2D eigenvalue weighted by molar-refractivity contribution is 5.50. The van der Waals surface area contributed by atoms with E-state index in [0.717, 1.165) is 17.5 Å². The Morgan fingerprint density at radius 1 is 0.654 bits per heavy atom. The standard InChI is InChI=1S/C20H24O6/c1-21-16-8-6-14(12-18(16)23-3)20(25-10-5-11-26-20)15-7-9-17(22-2)19(13-15)24-4/h6-9,12-13H,5,10-11H2,1-4H3. The van der Waals surface area contributed by atoms with Crippen LogP contribution >= 0.6 is 0 Å². The van der Waals surface area contributed by atoms with Gasteiger partial charge in [-0.3, -0.25) is 0 Å². The zero-order chi connectivity index (χ0) is 18.6. The average Bonchev–Trinajstić information content (AvgIpc) is 2.73. The van der Waals surface area contributed by atoms with Crippen molar-refractivity contribution in [3.63, 3.8) is 0 Å². The Morgan fingerprint density at radius 3 is 1.46 bits per heavy atom. The van der Waals surface area contributed by atoms with Crippen molar-refractivity contribution < 1.29 is 28.4 Å². The summed E-state index contributed by atoms with van der Waals surface area (Å²) in [6.45, 7) is 1.17. The van der Waals surface area contributed by atoms with Gasteiger partial charge in [0.1, 0.15) is 0 Å². The summed E-state index contributed by atoms with van der Waals surface area (Å²) in [5.74, 6) is 1.48. The van der Waals surface area contributed by atoms with Crippen molar-refractivity contribution >= 4 is 0 Å². The van der Waals surface area contributed by atoms with Crippen LogP contribution in [0.15, 0.2) is 36.4 Å². The molecule has 0 N–H and O–H groups in total. The van der Waals surface area contributed by atoms with Crippen LogP contribution in [-0.2, 0) is 15.3 Å². The van der Waals surface area contributed by atoms with Crippen LogP contribution in [0.25, 0.3) is 0 Å². The molecule has 1 aliphatic heterocycles. The molecule has 1 saturated heterocycles. The minimum Gasteiger partial charge on any atom is -0.493 e. The number of ether oxygens (including phenoxy) is 6. The Morgan fingerprint density at radius 2 is 1.08 bits per heavy atom. The van der Waals surface area contributed by atoms with Gasteiger partial charge in [0.05, 0.1) is 41.7 Å². The molecule has 0 atom stereocenters. The molecule has 0 amide bonds. The molecule has 1 fully saturated rings. The maximum atomic E-state index is 6.17. The predicted octanol–water partition coefficient (Wildman–Crippen LogP) is 3.36. The second kappa shape index (κ2) is 7.85. The first-order valence-electron chi connectivity index (χ1n) is 8.41. The summed E-state index contributed by atoms with van der Waals surface area (Å²) in [4.78, 5) is 0. The van der Waals surface area contributed by atoms with Crippen LogP contribution in [0.5, 0.6) is 23.0 Å². The van der Waals surface area contributed by atoms with Crippen molar-refractivity contribution in [1.29, 1.82) is 0 Å². The number of hydrogen-bond acceptors (Lipinski definition) is 6. The van der Waals surface area contributed by atoms with Gasteiger partial charge in [-0.2, -0.15) is 0 Å². The molecule has 0 aliphatic carbocycles. The molecule has 2 aromatic carbocycles. The lowest BCUT2D eigenvalue weighted by atomic mass is 9.95. The van der Waals surface area contributed by atoms with Crippen LogP contribution in [-0.4, -0.2) is 41.7 Å². The summed E-state index contributed by atoms with van der Waals surface area (Å²) in [7, 11) is 6.42. The fraction of sp³-hybridized carbons (Fsp3) is 0.400. The molecule has 0 saturated carbocycles. The van der Waals surface area contributed by atoms with Crippen LogP contribution < -0.4 is 18.9 Å². The van der Waals surface area contributed by atoms with Gasteiger partial charge in [-0.15, -0.1) is 0 Å². The van der Waals surface area contributed by atoms with E-state index in [2.05, 4.69) is 0 Å². The number of methoxy groups -OCH3 is 4. The number of rotatable bonds is 6. The first-order chi connectivity index (χ1) is 12.7. The highest BCUT2D eigenvalue weighted by Crippen LogP contribution is 2.43. The Labute approximate surface area is 153 Å². The Kier molecular flexibility index (Phi) is 5.54. The molecule has 0 radical (unpaired) electrons. The van der Waals surface area contributed by atoms with Gasteiger partial charge in [0.15, 0.2) is 23.0 Å². The molecule has 2 aromatic rings. The highest BCUT2D eigenvalue weighted by atomic mass is 16.7. The monoisotopic (exact) mass is 360 g/mol. The topological polar surface area (TPSA) is 55.4 Å². The molecule has 1 heterocycles. The van der Waals surface area contributed by atoms with Gasteiger partial charge in [-0.1, -0.05) is 0 Å². The zero-order valence-corrected chi connectivity index (χ0v) is 15.5. The highest BCUT2D eigenvalue weighted by Gasteiger charge is 2.40. The third-order valence-electron chi connectivity index (χ3n) is 4.43. The predicted molar refractivity (Wildman–Crippen MR) is 96.4 cm³/mol. The Balaban J connectivity index is 2.13. The molecule has 0 spiro atoms. The molecule has 0 aromatic heterocycles. The van der Waals surface area contributed by atoms with Crippen molar-refractivity contribution in [1.82, 2.24) is 0 Å². The van der Waals surface area contributed by atoms with Gasteiger partial charge in [-0.05, 0) is 42.8 Å². The lowest BCUT2D eigenvalue weighted by molar-refractivity contribution is -0.249. The van der Waals surface area contributed by atoms with Crippen LogP contribution in [0.4, 0.5) is 0 Å². The minimum atomic E-state index is -1.04. The molecule has 140 valence electrons. The average molecular weight is 360 g/mol. The third kappa shape index (κ3) is 3.18. The Hall–Kier alpha value is -2.44. The quantitative estimate of drug-likeness (QED) is 0.787. The van der Waals surface area contributed by atoms with E-state index >= 15 is 0 Å². The van der Waals surface area contributed by atoms with Gasteiger partial charge < -0.3 is 28.4 Å². The van der Waals surface area contributed by atoms with Crippen LogP contribution in [0.3, 0.4) is 0 Å². The van der Waals surface area contributed by atoms with Crippen LogP contribution in [0.1, 0.15) is 17.5 Å². The van der Waals surface area contributed by atoms with Crippen molar-refractivity contribution in [2.24, 2.45) is 0 Å². The van der Waals surface area contributed by atoms with Crippen molar-refractivity contribution in [3.05, 3.63) is 47.5 Å². The second-order valence-electron chi connectivity index (χ2n) is 5.81. The maximum absolute atomic E-state index is 6.17. The molecule has 0 bridgehead atoms. The van der Waals surface area contributed by atoms with E-state index in [1.54, 1.807) is 28.4 Å². The first-order valence-corrected chi connectivity index (χ1v) is 8.41. The largest absolute Gasteiger partial charge is 0.493 e. The van der Waals surface area contributed by atoms with Crippen molar-refractivity contribution in [2.75, 3.05) is 41.7 Å². The molecule has 3 rings (SSSR count). The summed E-state index contributed by atoms with van der Waals surface area (Å²) in [5, 5.41) is 0. The second-order valence-corrected chi connectivity index (χ2v) is 5.81. The molecular weight excluding hydrogens is 336 g/mol. The molecule has 0 unspecified atom stereocenters. The van der Waals surface area contributed by atoms with Crippen LogP contribution in [0, 0.1) is 0 Å². The lowest BCUT2D eigenvalue weighted by Gasteiger charge is -2.38. The van der Waals surface area contributed by atoms with E-state index in [0.29, 0.717) is 36.2 Å². The van der Waals surface area contributed by atoms with Crippen LogP contribution in [0.2, 0.25) is 0 Å². The lowest BCUT2D eigenvalue weighted by Crippen LogP contribution is -2.39. The SMILES string of the molecule is COc1ccc(C2(c3ccc(OC)c(OC)c3)OCCCO2)cc1OC. The fourth-order valence-corrected chi connectivity index (χ4v) is 3.11. The number of hydrogen-bond donors (Lipinski definition) is 0. The zero-order valence-electron chi connectivity index (χ0n) is 15.5. The normalized spacial score (nSPS) is 16.0. The van der Waals surface area contributed by atoms with E-state index in [4.69, 9.17) is 28.4 Å². The fourth-order valence-electron chi connectivity index (χ4n) is 3.11. The Bertz CT molecular complexity index is 694. The summed E-state index contributed by atoms with van der Waals surface area (Å²) in [6, 6.07) is 11.3. The molecule has 6 nitrogen and oxygen atoms in total. The van der Waals surface area contributed by atoms with Gasteiger partial charge in [0, 0.05) is 11.1 Å². The van der Waals surface area contributed by atoms with E-state index in [-0.39, 0.29) is 0 Å². The summed E-state index contributed by atoms with van der Waals surface area (Å²) >= 11 is 0. The minimum absolute atomic E-state index is 0.586. The number of benzene rings is 2. The first kappa shape index (κ1) is 18.4. The van der Waals surface area contributed by atoms with E-state index in [9.17, 15) is 0 Å². The van der Waals surface area contributed by atoms with Gasteiger partial charge >= 0.3 is 0 Å². The van der Waals surface area contributed by atoms with Gasteiger partial charge in [-0.25, -0.2) is 0 Å².